The monoisotopic (exact) mass is 487 g/mol. The highest BCUT2D eigenvalue weighted by Crippen LogP contribution is 2.03. The van der Waals surface area contributed by atoms with E-state index in [9.17, 15) is 24.3 Å². The third-order valence-corrected chi connectivity index (χ3v) is 4.93. The Bertz CT molecular complexity index is 662. The number of carbonyl (C=O) groups excluding carboxylic acids is 3. The summed E-state index contributed by atoms with van der Waals surface area (Å²) >= 11 is 0. The van der Waals surface area contributed by atoms with E-state index >= 15 is 0 Å². The first-order chi connectivity index (χ1) is 16.1. The number of nitrogens with one attached hydrogen (secondary N) is 5. The Balaban J connectivity index is 4.87. The second-order valence-corrected chi connectivity index (χ2v) is 7.90. The minimum absolute atomic E-state index is 0.200. The van der Waals surface area contributed by atoms with Gasteiger partial charge in [-0.05, 0) is 58.0 Å². The van der Waals surface area contributed by atoms with Gasteiger partial charge in [-0.1, -0.05) is 6.42 Å². The number of amides is 3. The van der Waals surface area contributed by atoms with Crippen molar-refractivity contribution in [1.82, 2.24) is 21.3 Å². The second-order valence-electron chi connectivity index (χ2n) is 7.90. The van der Waals surface area contributed by atoms with E-state index in [-0.39, 0.29) is 18.8 Å². The lowest BCUT2D eigenvalue weighted by Gasteiger charge is -2.21. The summed E-state index contributed by atoms with van der Waals surface area (Å²) in [7, 11) is 0. The standard InChI is InChI=1S/C20H41N9O5/c21-9-3-1-6-13(23)17(31)29-14(8-5-11-26-20(24)25)18(32)27-12-16(30)28-15(19(33)34)7-2-4-10-22/h13-15H,1-12,21-23H2,(H,27,32)(H,28,30)(H,29,31)(H,33,34)(H4,24,25,26)/t13-,14-,15-/m0/s1. The first kappa shape index (κ1) is 31.0. The molecule has 0 fully saturated rings. The zero-order valence-corrected chi connectivity index (χ0v) is 19.6. The molecule has 34 heavy (non-hydrogen) atoms. The van der Waals surface area contributed by atoms with Crippen molar-refractivity contribution in [2.75, 3.05) is 26.2 Å². The Labute approximate surface area is 199 Å². The van der Waals surface area contributed by atoms with Gasteiger partial charge in [0.05, 0.1) is 12.6 Å². The molecule has 0 aliphatic rings. The Hall–Kier alpha value is -2.97. The van der Waals surface area contributed by atoms with Crippen LogP contribution in [0.1, 0.15) is 51.4 Å². The molecule has 0 radical (unpaired) electrons. The molecule has 0 heterocycles. The summed E-state index contributed by atoms with van der Waals surface area (Å²) in [5, 5.41) is 26.4. The van der Waals surface area contributed by atoms with E-state index in [1.807, 2.05) is 0 Å². The minimum atomic E-state index is -1.18. The van der Waals surface area contributed by atoms with Crippen molar-refractivity contribution >= 4 is 29.7 Å². The molecule has 3 amide bonds. The molecule has 14 N–H and O–H groups in total. The summed E-state index contributed by atoms with van der Waals surface area (Å²) in [6, 6.07) is -2.88. The molecule has 0 saturated heterocycles. The molecule has 0 aromatic rings. The summed E-state index contributed by atoms with van der Waals surface area (Å²) in [6.07, 6.45) is 3.78. The molecule has 0 aliphatic heterocycles. The first-order valence-electron chi connectivity index (χ1n) is 11.5. The SMILES string of the molecule is N=C(N)NCCC[C@H](NC(=O)[C@@H](N)CCCCN)C(=O)NCC(=O)N[C@@H](CCCCN)C(=O)O. The normalized spacial score (nSPS) is 13.3. The maximum absolute atomic E-state index is 12.6. The molecule has 0 spiro atoms. The van der Waals surface area contributed by atoms with Crippen molar-refractivity contribution in [2.45, 2.75) is 69.5 Å². The van der Waals surface area contributed by atoms with Crippen LogP contribution in [-0.4, -0.2) is 79.1 Å². The summed E-state index contributed by atoms with van der Waals surface area (Å²) in [5.41, 5.74) is 22.0. The quantitative estimate of drug-likeness (QED) is 0.0501. The van der Waals surface area contributed by atoms with Crippen LogP contribution in [0.25, 0.3) is 0 Å². The van der Waals surface area contributed by atoms with Gasteiger partial charge in [-0.3, -0.25) is 19.8 Å². The van der Waals surface area contributed by atoms with Crippen molar-refractivity contribution in [3.8, 4) is 0 Å². The predicted octanol–water partition coefficient (Wildman–Crippen LogP) is -2.99. The lowest BCUT2D eigenvalue weighted by atomic mass is 10.1. The van der Waals surface area contributed by atoms with E-state index < -0.39 is 48.4 Å². The van der Waals surface area contributed by atoms with E-state index in [2.05, 4.69) is 21.3 Å². The lowest BCUT2D eigenvalue weighted by Crippen LogP contribution is -2.53. The third-order valence-electron chi connectivity index (χ3n) is 4.93. The number of aliphatic carboxylic acids is 1. The fourth-order valence-corrected chi connectivity index (χ4v) is 3.00. The van der Waals surface area contributed by atoms with Gasteiger partial charge in [0.1, 0.15) is 12.1 Å². The van der Waals surface area contributed by atoms with Crippen LogP contribution >= 0.6 is 0 Å². The second kappa shape index (κ2) is 18.5. The molecule has 0 rings (SSSR count). The molecule has 0 unspecified atom stereocenters. The molecule has 14 heteroatoms. The predicted molar refractivity (Wildman–Crippen MR) is 127 cm³/mol. The maximum Gasteiger partial charge on any atom is 0.326 e. The highest BCUT2D eigenvalue weighted by atomic mass is 16.4. The van der Waals surface area contributed by atoms with Gasteiger partial charge in [-0.2, -0.15) is 0 Å². The van der Waals surface area contributed by atoms with Gasteiger partial charge in [0.25, 0.3) is 0 Å². The van der Waals surface area contributed by atoms with Crippen LogP contribution < -0.4 is 44.2 Å². The van der Waals surface area contributed by atoms with E-state index in [4.69, 9.17) is 28.3 Å². The minimum Gasteiger partial charge on any atom is -0.480 e. The topological polar surface area (TPSA) is 265 Å². The number of nitrogens with two attached hydrogens (primary N) is 4. The highest BCUT2D eigenvalue weighted by molar-refractivity contribution is 5.92. The molecule has 0 aromatic carbocycles. The van der Waals surface area contributed by atoms with Crippen LogP contribution in [0.15, 0.2) is 0 Å². The van der Waals surface area contributed by atoms with Gasteiger partial charge in [0.2, 0.25) is 17.7 Å². The van der Waals surface area contributed by atoms with E-state index in [0.29, 0.717) is 51.7 Å². The van der Waals surface area contributed by atoms with Crippen molar-refractivity contribution in [1.29, 1.82) is 5.41 Å². The van der Waals surface area contributed by atoms with Crippen molar-refractivity contribution in [2.24, 2.45) is 22.9 Å². The Morgan fingerprint density at radius 2 is 1.38 bits per heavy atom. The van der Waals surface area contributed by atoms with E-state index in [1.165, 1.54) is 0 Å². The van der Waals surface area contributed by atoms with Crippen LogP contribution in [0, 0.1) is 5.41 Å². The van der Waals surface area contributed by atoms with Gasteiger partial charge >= 0.3 is 5.97 Å². The molecular formula is C20H41N9O5. The van der Waals surface area contributed by atoms with Crippen LogP contribution in [0.3, 0.4) is 0 Å². The molecule has 0 aliphatic carbocycles. The number of hydrogen-bond acceptors (Lipinski definition) is 8. The maximum atomic E-state index is 12.6. The average Bonchev–Trinajstić information content (AvgIpc) is 2.78. The summed E-state index contributed by atoms with van der Waals surface area (Å²) in [6.45, 7) is 0.754. The van der Waals surface area contributed by atoms with Crippen molar-refractivity contribution < 1.29 is 24.3 Å². The fraction of sp³-hybridized carbons (Fsp3) is 0.750. The molecule has 3 atom stereocenters. The largest absolute Gasteiger partial charge is 0.480 e. The number of carboxylic acids is 1. The Kier molecular flexibility index (Phi) is 16.8. The summed E-state index contributed by atoms with van der Waals surface area (Å²) in [4.78, 5) is 48.5. The highest BCUT2D eigenvalue weighted by Gasteiger charge is 2.25. The smallest absolute Gasteiger partial charge is 0.326 e. The zero-order chi connectivity index (χ0) is 25.9. The number of rotatable bonds is 19. The number of unbranched alkanes of at least 4 members (excludes halogenated alkanes) is 2. The van der Waals surface area contributed by atoms with Gasteiger partial charge in [0.15, 0.2) is 5.96 Å². The Morgan fingerprint density at radius 1 is 0.794 bits per heavy atom. The molecule has 0 aromatic heterocycles. The molecule has 0 saturated carbocycles. The molecule has 196 valence electrons. The lowest BCUT2D eigenvalue weighted by molar-refractivity contribution is -0.142. The number of carbonyl (C=O) groups is 4. The number of carboxylic acid groups (broad SMARTS) is 1. The molecule has 14 nitrogen and oxygen atoms in total. The Morgan fingerprint density at radius 3 is 1.94 bits per heavy atom. The van der Waals surface area contributed by atoms with Gasteiger partial charge in [0, 0.05) is 6.54 Å². The third kappa shape index (κ3) is 15.0. The van der Waals surface area contributed by atoms with E-state index in [1.54, 1.807) is 0 Å². The zero-order valence-electron chi connectivity index (χ0n) is 19.6. The van der Waals surface area contributed by atoms with Gasteiger partial charge in [-0.25, -0.2) is 4.79 Å². The number of guanidine groups is 1. The fourth-order valence-electron chi connectivity index (χ4n) is 3.00. The summed E-state index contributed by atoms with van der Waals surface area (Å²) in [5.74, 6) is -3.19. The van der Waals surface area contributed by atoms with Gasteiger partial charge in [-0.15, -0.1) is 0 Å². The molecule has 0 bridgehead atoms. The average molecular weight is 488 g/mol. The van der Waals surface area contributed by atoms with E-state index in [0.717, 1.165) is 6.42 Å². The first-order valence-corrected chi connectivity index (χ1v) is 11.5. The molecular weight excluding hydrogens is 446 g/mol. The van der Waals surface area contributed by atoms with Crippen molar-refractivity contribution in [3.63, 3.8) is 0 Å². The van der Waals surface area contributed by atoms with Crippen LogP contribution in [0.5, 0.6) is 0 Å². The summed E-state index contributed by atoms with van der Waals surface area (Å²) < 4.78 is 0. The number of hydrogen-bond donors (Lipinski definition) is 10. The van der Waals surface area contributed by atoms with Crippen LogP contribution in [-0.2, 0) is 19.2 Å². The van der Waals surface area contributed by atoms with Crippen LogP contribution in [0.4, 0.5) is 0 Å². The van der Waals surface area contributed by atoms with Gasteiger partial charge < -0.3 is 49.3 Å². The van der Waals surface area contributed by atoms with Crippen LogP contribution in [0.2, 0.25) is 0 Å². The van der Waals surface area contributed by atoms with Crippen molar-refractivity contribution in [3.05, 3.63) is 0 Å².